The number of benzene rings is 1. The Bertz CT molecular complexity index is 930. The van der Waals surface area contributed by atoms with Gasteiger partial charge in [-0.2, -0.15) is 5.10 Å². The van der Waals surface area contributed by atoms with Crippen molar-refractivity contribution in [3.8, 4) is 16.9 Å². The Kier molecular flexibility index (Phi) is 4.50. The Balaban J connectivity index is 1.55. The fourth-order valence-electron chi connectivity index (χ4n) is 4.57. The largest absolute Gasteiger partial charge is 0.489 e. The third-order valence-corrected chi connectivity index (χ3v) is 6.67. The zero-order valence-corrected chi connectivity index (χ0v) is 16.6. The van der Waals surface area contributed by atoms with Gasteiger partial charge in [0.25, 0.3) is 0 Å². The van der Waals surface area contributed by atoms with Gasteiger partial charge in [0.05, 0.1) is 30.1 Å². The van der Waals surface area contributed by atoms with Gasteiger partial charge in [-0.25, -0.2) is 4.79 Å². The molecule has 1 aromatic heterocycles. The van der Waals surface area contributed by atoms with Crippen molar-refractivity contribution in [2.45, 2.75) is 76.2 Å². The van der Waals surface area contributed by atoms with E-state index in [-0.39, 0.29) is 24.3 Å². The van der Waals surface area contributed by atoms with E-state index < -0.39 is 6.09 Å². The number of rotatable bonds is 4. The lowest BCUT2D eigenvalue weighted by atomic mass is 9.89. The molecule has 2 saturated carbocycles. The van der Waals surface area contributed by atoms with Crippen molar-refractivity contribution in [3.05, 3.63) is 30.1 Å². The van der Waals surface area contributed by atoms with Gasteiger partial charge in [0.15, 0.2) is 0 Å². The van der Waals surface area contributed by atoms with Crippen LogP contribution in [0.2, 0.25) is 0 Å². The average Bonchev–Trinajstić information content (AvgIpc) is 3.10. The standard InChI is InChI=1S/C22H27N3O4/c1-13-5-6-19-20(25(13)22(27)28)8-7-18(21(19)29-17-3-2-4-17)14-11-23-24(12-14)15-9-16(26)10-15/h7-8,11-13,15-17,26H,2-6,9-10H2,1H3,(H,27,28). The number of carboxylic acid groups (broad SMARTS) is 1. The minimum atomic E-state index is -0.919. The predicted molar refractivity (Wildman–Crippen MR) is 108 cm³/mol. The molecular formula is C22H27N3O4. The molecule has 0 radical (unpaired) electrons. The molecule has 1 aromatic carbocycles. The molecule has 2 heterocycles. The first-order valence-electron chi connectivity index (χ1n) is 10.6. The Morgan fingerprint density at radius 2 is 2.03 bits per heavy atom. The zero-order valence-electron chi connectivity index (χ0n) is 16.6. The molecule has 2 N–H and O–H groups in total. The third kappa shape index (κ3) is 3.17. The molecule has 0 saturated heterocycles. The molecule has 0 spiro atoms. The van der Waals surface area contributed by atoms with E-state index in [1.807, 2.05) is 36.1 Å². The van der Waals surface area contributed by atoms with Gasteiger partial charge in [0, 0.05) is 28.9 Å². The summed E-state index contributed by atoms with van der Waals surface area (Å²) in [6.45, 7) is 1.95. The maximum Gasteiger partial charge on any atom is 0.412 e. The number of fused-ring (bicyclic) bond motifs is 1. The molecule has 1 atom stereocenters. The Morgan fingerprint density at radius 3 is 2.69 bits per heavy atom. The molecule has 2 aromatic rings. The predicted octanol–water partition coefficient (Wildman–Crippen LogP) is 4.00. The highest BCUT2D eigenvalue weighted by molar-refractivity contribution is 5.91. The highest BCUT2D eigenvalue weighted by Crippen LogP contribution is 2.45. The Morgan fingerprint density at radius 1 is 1.24 bits per heavy atom. The fourth-order valence-corrected chi connectivity index (χ4v) is 4.57. The molecule has 1 aliphatic heterocycles. The van der Waals surface area contributed by atoms with E-state index in [1.54, 1.807) is 0 Å². The smallest absolute Gasteiger partial charge is 0.412 e. The van der Waals surface area contributed by atoms with Crippen LogP contribution in [-0.2, 0) is 6.42 Å². The first kappa shape index (κ1) is 18.5. The molecule has 1 unspecified atom stereocenters. The first-order chi connectivity index (χ1) is 14.0. The molecule has 2 fully saturated rings. The Hall–Kier alpha value is -2.54. The molecule has 29 heavy (non-hydrogen) atoms. The van der Waals surface area contributed by atoms with Crippen LogP contribution in [0, 0.1) is 0 Å². The number of anilines is 1. The SMILES string of the molecule is CC1CCc2c(ccc(-c3cnn(C4CC(O)C4)c3)c2OC2CCC2)N1C(=O)O. The Labute approximate surface area is 169 Å². The first-order valence-corrected chi connectivity index (χ1v) is 10.6. The summed E-state index contributed by atoms with van der Waals surface area (Å²) in [6, 6.07) is 4.08. The third-order valence-electron chi connectivity index (χ3n) is 6.67. The maximum atomic E-state index is 11.9. The quantitative estimate of drug-likeness (QED) is 0.814. The lowest BCUT2D eigenvalue weighted by Crippen LogP contribution is -2.41. The highest BCUT2D eigenvalue weighted by atomic mass is 16.5. The normalized spacial score (nSPS) is 26.4. The minimum Gasteiger partial charge on any atom is -0.489 e. The average molecular weight is 397 g/mol. The lowest BCUT2D eigenvalue weighted by molar-refractivity contribution is 0.0434. The summed E-state index contributed by atoms with van der Waals surface area (Å²) in [7, 11) is 0. The molecule has 1 amide bonds. The van der Waals surface area contributed by atoms with E-state index in [4.69, 9.17) is 4.74 Å². The monoisotopic (exact) mass is 397 g/mol. The number of hydrogen-bond donors (Lipinski definition) is 2. The van der Waals surface area contributed by atoms with Crippen LogP contribution >= 0.6 is 0 Å². The second-order valence-electron chi connectivity index (χ2n) is 8.64. The number of amides is 1. The molecule has 154 valence electrons. The summed E-state index contributed by atoms with van der Waals surface area (Å²) in [6.07, 6.45) is 9.25. The number of aliphatic hydroxyl groups excluding tert-OH is 1. The molecule has 5 rings (SSSR count). The van der Waals surface area contributed by atoms with E-state index >= 15 is 0 Å². The van der Waals surface area contributed by atoms with Gasteiger partial charge < -0.3 is 14.9 Å². The van der Waals surface area contributed by atoms with Crippen LogP contribution in [0.1, 0.15) is 57.1 Å². The minimum absolute atomic E-state index is 0.0461. The van der Waals surface area contributed by atoms with Gasteiger partial charge >= 0.3 is 6.09 Å². The molecule has 7 heteroatoms. The zero-order chi connectivity index (χ0) is 20.1. The molecular weight excluding hydrogens is 370 g/mol. The number of carbonyl (C=O) groups is 1. The number of nitrogens with zero attached hydrogens (tertiary/aromatic N) is 3. The summed E-state index contributed by atoms with van der Waals surface area (Å²) >= 11 is 0. The van der Waals surface area contributed by atoms with Crippen LogP contribution in [0.3, 0.4) is 0 Å². The second kappa shape index (κ2) is 7.06. The van der Waals surface area contributed by atoms with Crippen LogP contribution in [-0.4, -0.2) is 44.3 Å². The van der Waals surface area contributed by atoms with Gasteiger partial charge in [0.1, 0.15) is 5.75 Å². The van der Waals surface area contributed by atoms with Crippen molar-refractivity contribution in [3.63, 3.8) is 0 Å². The van der Waals surface area contributed by atoms with Crippen molar-refractivity contribution >= 4 is 11.8 Å². The van der Waals surface area contributed by atoms with Crippen molar-refractivity contribution in [1.82, 2.24) is 9.78 Å². The summed E-state index contributed by atoms with van der Waals surface area (Å²) in [4.78, 5) is 13.3. The number of ether oxygens (including phenoxy) is 1. The molecule has 2 aliphatic carbocycles. The highest BCUT2D eigenvalue weighted by Gasteiger charge is 2.33. The van der Waals surface area contributed by atoms with Crippen LogP contribution in [0.15, 0.2) is 24.5 Å². The maximum absolute atomic E-state index is 11.9. The van der Waals surface area contributed by atoms with Crippen LogP contribution < -0.4 is 9.64 Å². The van der Waals surface area contributed by atoms with Crippen LogP contribution in [0.25, 0.3) is 11.1 Å². The number of aromatic nitrogens is 2. The van der Waals surface area contributed by atoms with Gasteiger partial charge in [-0.05, 0) is 64.0 Å². The summed E-state index contributed by atoms with van der Waals surface area (Å²) in [5.41, 5.74) is 3.68. The van der Waals surface area contributed by atoms with Crippen molar-refractivity contribution in [2.24, 2.45) is 0 Å². The second-order valence-corrected chi connectivity index (χ2v) is 8.64. The molecule has 0 bridgehead atoms. The van der Waals surface area contributed by atoms with Gasteiger partial charge in [-0.15, -0.1) is 0 Å². The topological polar surface area (TPSA) is 87.8 Å². The van der Waals surface area contributed by atoms with E-state index in [9.17, 15) is 15.0 Å². The van der Waals surface area contributed by atoms with Crippen molar-refractivity contribution in [1.29, 1.82) is 0 Å². The van der Waals surface area contributed by atoms with Crippen molar-refractivity contribution < 1.29 is 19.7 Å². The van der Waals surface area contributed by atoms with E-state index in [2.05, 4.69) is 5.10 Å². The summed E-state index contributed by atoms with van der Waals surface area (Å²) < 4.78 is 8.36. The lowest BCUT2D eigenvalue weighted by Gasteiger charge is -2.36. The van der Waals surface area contributed by atoms with Crippen LogP contribution in [0.4, 0.5) is 10.5 Å². The van der Waals surface area contributed by atoms with E-state index in [0.29, 0.717) is 0 Å². The summed E-state index contributed by atoms with van der Waals surface area (Å²) in [5.74, 6) is 0.818. The fraction of sp³-hybridized carbons (Fsp3) is 0.545. The molecule has 3 aliphatic rings. The molecule has 7 nitrogen and oxygen atoms in total. The van der Waals surface area contributed by atoms with Crippen LogP contribution in [0.5, 0.6) is 5.75 Å². The van der Waals surface area contributed by atoms with Gasteiger partial charge in [-0.3, -0.25) is 9.58 Å². The summed E-state index contributed by atoms with van der Waals surface area (Å²) in [5, 5.41) is 23.8. The number of hydrogen-bond acceptors (Lipinski definition) is 4. The number of aliphatic hydroxyl groups is 1. The van der Waals surface area contributed by atoms with E-state index in [0.717, 1.165) is 66.7 Å². The van der Waals surface area contributed by atoms with E-state index in [1.165, 1.54) is 11.3 Å². The van der Waals surface area contributed by atoms with Crippen molar-refractivity contribution in [2.75, 3.05) is 4.90 Å². The van der Waals surface area contributed by atoms with Gasteiger partial charge in [0.2, 0.25) is 0 Å². The van der Waals surface area contributed by atoms with Gasteiger partial charge in [-0.1, -0.05) is 0 Å².